The van der Waals surface area contributed by atoms with E-state index in [1.165, 1.54) is 0 Å². The van der Waals surface area contributed by atoms with Crippen molar-refractivity contribution in [1.29, 1.82) is 5.26 Å². The summed E-state index contributed by atoms with van der Waals surface area (Å²) in [6, 6.07) is 14.4. The summed E-state index contributed by atoms with van der Waals surface area (Å²) in [7, 11) is 0. The van der Waals surface area contributed by atoms with Gasteiger partial charge in [-0.25, -0.2) is 0 Å². The van der Waals surface area contributed by atoms with Gasteiger partial charge in [-0.15, -0.1) is 0 Å². The number of fused-ring (bicyclic) bond motifs is 1. The van der Waals surface area contributed by atoms with E-state index in [0.717, 1.165) is 37.2 Å². The Labute approximate surface area is 147 Å². The van der Waals surface area contributed by atoms with Crippen LogP contribution in [0.15, 0.2) is 48.8 Å². The molecule has 2 aliphatic rings. The molecule has 0 N–H and O–H groups in total. The number of carbonyl (C=O) groups excluding carboxylic acids is 1. The summed E-state index contributed by atoms with van der Waals surface area (Å²) in [6.45, 7) is 1.79. The molecule has 5 heteroatoms. The minimum Gasteiger partial charge on any atom is -0.306 e. The van der Waals surface area contributed by atoms with Crippen LogP contribution in [-0.2, 0) is 11.3 Å². The highest BCUT2D eigenvalue weighted by Gasteiger charge is 2.43. The highest BCUT2D eigenvalue weighted by Crippen LogP contribution is 2.35. The fourth-order valence-electron chi connectivity index (χ4n) is 4.15. The molecule has 2 aromatic rings. The van der Waals surface area contributed by atoms with E-state index >= 15 is 0 Å². The van der Waals surface area contributed by atoms with E-state index in [4.69, 9.17) is 5.26 Å². The number of aromatic nitrogens is 1. The van der Waals surface area contributed by atoms with E-state index in [2.05, 4.69) is 22.0 Å². The van der Waals surface area contributed by atoms with Crippen LogP contribution >= 0.6 is 0 Å². The summed E-state index contributed by atoms with van der Waals surface area (Å²) in [5.74, 6) is 0.197. The van der Waals surface area contributed by atoms with Crippen LogP contribution in [0.2, 0.25) is 0 Å². The Morgan fingerprint density at radius 3 is 2.92 bits per heavy atom. The molecule has 2 aliphatic heterocycles. The van der Waals surface area contributed by atoms with Crippen LogP contribution in [0.1, 0.15) is 30.4 Å². The largest absolute Gasteiger partial charge is 0.306 e. The van der Waals surface area contributed by atoms with Gasteiger partial charge in [-0.3, -0.25) is 14.7 Å². The van der Waals surface area contributed by atoms with Gasteiger partial charge in [0.2, 0.25) is 5.91 Å². The van der Waals surface area contributed by atoms with Crippen molar-refractivity contribution in [2.45, 2.75) is 37.9 Å². The van der Waals surface area contributed by atoms with E-state index in [1.54, 1.807) is 12.4 Å². The van der Waals surface area contributed by atoms with Crippen LogP contribution in [0.4, 0.5) is 5.69 Å². The zero-order valence-corrected chi connectivity index (χ0v) is 14.0. The normalized spacial score (nSPS) is 23.3. The summed E-state index contributed by atoms with van der Waals surface area (Å²) in [5, 5.41) is 9.09. The summed E-state index contributed by atoms with van der Waals surface area (Å²) >= 11 is 0. The van der Waals surface area contributed by atoms with Gasteiger partial charge >= 0.3 is 0 Å². The average Bonchev–Trinajstić information content (AvgIpc) is 3.05. The number of likely N-dealkylation sites (tertiary alicyclic amines) is 1. The SMILES string of the molecule is N#Cc1cccc(CN2CC[C@@H]3[C@H]2CCC(=O)N3c2cccnc2)c1. The minimum absolute atomic E-state index is 0.197. The Hall–Kier alpha value is -2.71. The first kappa shape index (κ1) is 15.8. The van der Waals surface area contributed by atoms with Crippen LogP contribution in [-0.4, -0.2) is 34.4 Å². The Morgan fingerprint density at radius 1 is 1.20 bits per heavy atom. The lowest BCUT2D eigenvalue weighted by molar-refractivity contribution is -0.120. The zero-order valence-electron chi connectivity index (χ0n) is 14.0. The van der Waals surface area contributed by atoms with Gasteiger partial charge in [0.1, 0.15) is 0 Å². The fourth-order valence-corrected chi connectivity index (χ4v) is 4.15. The van der Waals surface area contributed by atoms with Crippen molar-refractivity contribution >= 4 is 11.6 Å². The minimum atomic E-state index is 0.197. The molecule has 0 spiro atoms. The van der Waals surface area contributed by atoms with Gasteiger partial charge in [-0.1, -0.05) is 12.1 Å². The highest BCUT2D eigenvalue weighted by atomic mass is 16.2. The summed E-state index contributed by atoms with van der Waals surface area (Å²) in [6.07, 6.45) is 5.96. The van der Waals surface area contributed by atoms with Gasteiger partial charge in [0.05, 0.1) is 29.6 Å². The van der Waals surface area contributed by atoms with Crippen LogP contribution in [0.5, 0.6) is 0 Å². The number of carbonyl (C=O) groups is 1. The Morgan fingerprint density at radius 2 is 2.12 bits per heavy atom. The summed E-state index contributed by atoms with van der Waals surface area (Å²) < 4.78 is 0. The summed E-state index contributed by atoms with van der Waals surface area (Å²) in [5.41, 5.74) is 2.75. The van der Waals surface area contributed by atoms with E-state index in [1.807, 2.05) is 35.2 Å². The molecule has 4 rings (SSSR count). The fraction of sp³-hybridized carbons (Fsp3) is 0.350. The molecule has 0 bridgehead atoms. The molecule has 2 saturated heterocycles. The standard InChI is InChI=1S/C20H20N4O/c21-12-15-3-1-4-16(11-15)14-23-10-8-19-18(23)6-7-20(25)24(19)17-5-2-9-22-13-17/h1-5,9,11,13,18-19H,6-8,10,14H2/t18-,19-/m1/s1. The molecule has 3 heterocycles. The number of hydrogen-bond donors (Lipinski definition) is 0. The van der Waals surface area contributed by atoms with E-state index in [9.17, 15) is 4.79 Å². The highest BCUT2D eigenvalue weighted by molar-refractivity contribution is 5.95. The maximum absolute atomic E-state index is 12.5. The molecule has 1 aromatic heterocycles. The van der Waals surface area contributed by atoms with Gasteiger partial charge < -0.3 is 4.90 Å². The molecular formula is C20H20N4O. The van der Waals surface area contributed by atoms with E-state index in [0.29, 0.717) is 18.0 Å². The van der Waals surface area contributed by atoms with Gasteiger partial charge in [-0.2, -0.15) is 5.26 Å². The zero-order chi connectivity index (χ0) is 17.2. The maximum atomic E-state index is 12.5. The van der Waals surface area contributed by atoms with Crippen LogP contribution < -0.4 is 4.90 Å². The lowest BCUT2D eigenvalue weighted by Crippen LogP contribution is -2.52. The number of anilines is 1. The molecule has 25 heavy (non-hydrogen) atoms. The number of rotatable bonds is 3. The van der Waals surface area contributed by atoms with Crippen molar-refractivity contribution in [2.75, 3.05) is 11.4 Å². The Kier molecular flexibility index (Phi) is 4.21. The molecule has 0 unspecified atom stereocenters. The van der Waals surface area contributed by atoms with Crippen molar-refractivity contribution < 1.29 is 4.79 Å². The molecule has 2 fully saturated rings. The predicted octanol–water partition coefficient (Wildman–Crippen LogP) is 2.72. The third-order valence-electron chi connectivity index (χ3n) is 5.25. The second-order valence-corrected chi connectivity index (χ2v) is 6.72. The molecule has 0 aliphatic carbocycles. The van der Waals surface area contributed by atoms with Gasteiger partial charge in [-0.05, 0) is 42.7 Å². The number of nitriles is 1. The number of hydrogen-bond acceptors (Lipinski definition) is 4. The van der Waals surface area contributed by atoms with Crippen molar-refractivity contribution in [3.8, 4) is 6.07 Å². The van der Waals surface area contributed by atoms with Gasteiger partial charge in [0.15, 0.2) is 0 Å². The molecule has 1 aromatic carbocycles. The van der Waals surface area contributed by atoms with E-state index in [-0.39, 0.29) is 11.9 Å². The van der Waals surface area contributed by atoms with Crippen molar-refractivity contribution in [3.63, 3.8) is 0 Å². The first-order valence-electron chi connectivity index (χ1n) is 8.71. The molecule has 126 valence electrons. The van der Waals surface area contributed by atoms with Gasteiger partial charge in [0, 0.05) is 31.7 Å². The molecule has 1 amide bonds. The van der Waals surface area contributed by atoms with E-state index < -0.39 is 0 Å². The summed E-state index contributed by atoms with van der Waals surface area (Å²) in [4.78, 5) is 21.1. The topological polar surface area (TPSA) is 60.2 Å². The third-order valence-corrected chi connectivity index (χ3v) is 5.25. The number of nitrogens with zero attached hydrogens (tertiary/aromatic N) is 4. The van der Waals surface area contributed by atoms with Crippen LogP contribution in [0.25, 0.3) is 0 Å². The second-order valence-electron chi connectivity index (χ2n) is 6.72. The number of benzene rings is 1. The smallest absolute Gasteiger partial charge is 0.227 e. The Balaban J connectivity index is 1.55. The molecule has 2 atom stereocenters. The van der Waals surface area contributed by atoms with Crippen molar-refractivity contribution in [3.05, 3.63) is 59.9 Å². The first-order chi connectivity index (χ1) is 12.3. The Bertz CT molecular complexity index is 814. The predicted molar refractivity (Wildman–Crippen MR) is 94.7 cm³/mol. The van der Waals surface area contributed by atoms with Crippen LogP contribution in [0, 0.1) is 11.3 Å². The molecule has 5 nitrogen and oxygen atoms in total. The first-order valence-corrected chi connectivity index (χ1v) is 8.71. The number of piperidine rings is 1. The quantitative estimate of drug-likeness (QED) is 0.867. The van der Waals surface area contributed by atoms with Crippen molar-refractivity contribution in [2.24, 2.45) is 0 Å². The molecule has 0 radical (unpaired) electrons. The third kappa shape index (κ3) is 3.01. The van der Waals surface area contributed by atoms with Crippen LogP contribution in [0.3, 0.4) is 0 Å². The lowest BCUT2D eigenvalue weighted by atomic mass is 9.95. The number of amides is 1. The second kappa shape index (κ2) is 6.66. The molecule has 0 saturated carbocycles. The monoisotopic (exact) mass is 332 g/mol. The maximum Gasteiger partial charge on any atom is 0.227 e. The van der Waals surface area contributed by atoms with Gasteiger partial charge in [0.25, 0.3) is 0 Å². The number of pyridine rings is 1. The lowest BCUT2D eigenvalue weighted by Gasteiger charge is -2.39. The molecular weight excluding hydrogens is 312 g/mol. The average molecular weight is 332 g/mol. The van der Waals surface area contributed by atoms with Crippen molar-refractivity contribution in [1.82, 2.24) is 9.88 Å².